The topological polar surface area (TPSA) is 50.9 Å². The standard InChI is InChI=1S/C31H34N4O2/c1-26-4-8-30(9-5-26)24-36-32-22-28-12-18-34(19-13-28)16-3-17-35-20-14-29(15-21-35)23-33-37-25-31-10-6-27(2)7-11-31/h4-15,18-23H,3,16-17,24-25H2,1-2H3/q+2/b32-22+,33-23+. The molecular weight excluding hydrogens is 460 g/mol. The molecule has 37 heavy (non-hydrogen) atoms. The van der Waals surface area contributed by atoms with E-state index in [9.17, 15) is 0 Å². The molecule has 0 aliphatic heterocycles. The van der Waals surface area contributed by atoms with Crippen LogP contribution in [0, 0.1) is 13.8 Å². The highest BCUT2D eigenvalue weighted by molar-refractivity contribution is 5.78. The number of pyridine rings is 2. The minimum Gasteiger partial charge on any atom is -0.391 e. The highest BCUT2D eigenvalue weighted by atomic mass is 16.6. The van der Waals surface area contributed by atoms with Gasteiger partial charge in [0, 0.05) is 35.4 Å². The number of oxime groups is 2. The van der Waals surface area contributed by atoms with Crippen molar-refractivity contribution in [2.75, 3.05) is 0 Å². The van der Waals surface area contributed by atoms with Crippen LogP contribution in [0.1, 0.15) is 39.8 Å². The zero-order chi connectivity index (χ0) is 25.7. The first-order valence-electron chi connectivity index (χ1n) is 12.5. The summed E-state index contributed by atoms with van der Waals surface area (Å²) >= 11 is 0. The maximum atomic E-state index is 5.41. The lowest BCUT2D eigenvalue weighted by molar-refractivity contribution is -0.726. The molecule has 0 unspecified atom stereocenters. The average Bonchev–Trinajstić information content (AvgIpc) is 2.93. The lowest BCUT2D eigenvalue weighted by atomic mass is 10.2. The van der Waals surface area contributed by atoms with Gasteiger partial charge in [0.1, 0.15) is 13.2 Å². The molecule has 2 aromatic heterocycles. The Labute approximate surface area is 219 Å². The highest BCUT2D eigenvalue weighted by Crippen LogP contribution is 2.06. The molecule has 6 nitrogen and oxygen atoms in total. The molecule has 0 fully saturated rings. The van der Waals surface area contributed by atoms with Gasteiger partial charge in [0.2, 0.25) is 0 Å². The molecule has 0 saturated carbocycles. The van der Waals surface area contributed by atoms with Gasteiger partial charge in [0.25, 0.3) is 0 Å². The number of aromatic nitrogens is 2. The van der Waals surface area contributed by atoms with Crippen molar-refractivity contribution >= 4 is 12.4 Å². The van der Waals surface area contributed by atoms with E-state index in [0.29, 0.717) is 13.2 Å². The second-order valence-corrected chi connectivity index (χ2v) is 9.08. The molecule has 2 heterocycles. The van der Waals surface area contributed by atoms with Crippen LogP contribution in [-0.4, -0.2) is 12.4 Å². The Morgan fingerprint density at radius 2 is 0.946 bits per heavy atom. The van der Waals surface area contributed by atoms with Crippen molar-refractivity contribution in [1.82, 2.24) is 0 Å². The number of hydrogen-bond donors (Lipinski definition) is 0. The van der Waals surface area contributed by atoms with Gasteiger partial charge in [-0.15, -0.1) is 0 Å². The van der Waals surface area contributed by atoms with Crippen molar-refractivity contribution < 1.29 is 18.8 Å². The van der Waals surface area contributed by atoms with Crippen LogP contribution < -0.4 is 9.13 Å². The van der Waals surface area contributed by atoms with Gasteiger partial charge >= 0.3 is 0 Å². The summed E-state index contributed by atoms with van der Waals surface area (Å²) in [4.78, 5) is 10.8. The van der Waals surface area contributed by atoms with Crippen LogP contribution in [0.15, 0.2) is 108 Å². The Morgan fingerprint density at radius 3 is 1.32 bits per heavy atom. The van der Waals surface area contributed by atoms with Crippen molar-refractivity contribution in [3.05, 3.63) is 131 Å². The van der Waals surface area contributed by atoms with Gasteiger partial charge < -0.3 is 9.68 Å². The van der Waals surface area contributed by atoms with E-state index in [0.717, 1.165) is 41.8 Å². The summed E-state index contributed by atoms with van der Waals surface area (Å²) in [5, 5.41) is 8.17. The summed E-state index contributed by atoms with van der Waals surface area (Å²) in [6.45, 7) is 6.95. The summed E-state index contributed by atoms with van der Waals surface area (Å²) < 4.78 is 4.36. The van der Waals surface area contributed by atoms with Gasteiger partial charge in [0.05, 0.1) is 18.9 Å². The average molecular weight is 495 g/mol. The maximum Gasteiger partial charge on any atom is 0.169 e. The fourth-order valence-electron chi connectivity index (χ4n) is 3.63. The quantitative estimate of drug-likeness (QED) is 0.157. The van der Waals surface area contributed by atoms with Crippen molar-refractivity contribution in [1.29, 1.82) is 0 Å². The molecule has 0 spiro atoms. The molecule has 0 atom stereocenters. The molecule has 0 aliphatic carbocycles. The molecule has 0 N–H and O–H groups in total. The predicted molar refractivity (Wildman–Crippen MR) is 145 cm³/mol. The highest BCUT2D eigenvalue weighted by Gasteiger charge is 2.05. The van der Waals surface area contributed by atoms with Gasteiger partial charge in [-0.3, -0.25) is 0 Å². The largest absolute Gasteiger partial charge is 0.391 e. The van der Waals surface area contributed by atoms with Crippen LogP contribution in [0.5, 0.6) is 0 Å². The smallest absolute Gasteiger partial charge is 0.169 e. The van der Waals surface area contributed by atoms with Crippen LogP contribution in [0.4, 0.5) is 0 Å². The molecule has 0 bridgehead atoms. The zero-order valence-corrected chi connectivity index (χ0v) is 21.5. The van der Waals surface area contributed by atoms with E-state index in [1.807, 2.05) is 24.3 Å². The molecular formula is C31H34N4O2+2. The van der Waals surface area contributed by atoms with Crippen LogP contribution in [0.2, 0.25) is 0 Å². The fourth-order valence-corrected chi connectivity index (χ4v) is 3.63. The minimum atomic E-state index is 0.469. The summed E-state index contributed by atoms with van der Waals surface area (Å²) in [5.74, 6) is 0. The molecule has 6 heteroatoms. The van der Waals surface area contributed by atoms with Gasteiger partial charge in [-0.2, -0.15) is 0 Å². The third kappa shape index (κ3) is 9.00. The predicted octanol–water partition coefficient (Wildman–Crippen LogP) is 5.07. The number of benzene rings is 2. The van der Waals surface area contributed by atoms with Crippen molar-refractivity contribution in [2.45, 2.75) is 46.6 Å². The third-order valence-corrected chi connectivity index (χ3v) is 5.92. The second kappa shape index (κ2) is 13.7. The maximum absolute atomic E-state index is 5.41. The van der Waals surface area contributed by atoms with E-state index in [2.05, 4.69) is 107 Å². The Hall–Kier alpha value is -4.32. The van der Waals surface area contributed by atoms with Crippen molar-refractivity contribution in [2.24, 2.45) is 10.3 Å². The number of rotatable bonds is 12. The van der Waals surface area contributed by atoms with Gasteiger partial charge in [-0.25, -0.2) is 9.13 Å². The summed E-state index contributed by atoms with van der Waals surface area (Å²) in [6, 6.07) is 24.7. The van der Waals surface area contributed by atoms with E-state index >= 15 is 0 Å². The van der Waals surface area contributed by atoms with E-state index in [1.165, 1.54) is 11.1 Å². The Balaban J connectivity index is 1.14. The minimum absolute atomic E-state index is 0.469. The van der Waals surface area contributed by atoms with Gasteiger partial charge in [-0.1, -0.05) is 70.0 Å². The summed E-state index contributed by atoms with van der Waals surface area (Å²) in [6.07, 6.45) is 12.8. The molecule has 4 rings (SSSR count). The Morgan fingerprint density at radius 1 is 0.568 bits per heavy atom. The van der Waals surface area contributed by atoms with Crippen molar-refractivity contribution in [3.63, 3.8) is 0 Å². The Kier molecular flexibility index (Phi) is 9.53. The molecule has 0 radical (unpaired) electrons. The molecule has 0 amide bonds. The fraction of sp³-hybridized carbons (Fsp3) is 0.226. The van der Waals surface area contributed by atoms with Crippen LogP contribution >= 0.6 is 0 Å². The Bertz CT molecular complexity index is 1180. The summed E-state index contributed by atoms with van der Waals surface area (Å²) in [5.41, 5.74) is 6.71. The summed E-state index contributed by atoms with van der Waals surface area (Å²) in [7, 11) is 0. The lowest BCUT2D eigenvalue weighted by Gasteiger charge is -2.01. The SMILES string of the molecule is Cc1ccc(CO/N=C/c2cc[n+](CCC[n+]3ccc(/C=N/OCc4ccc(C)cc4)cc3)cc2)cc1. The normalized spacial score (nSPS) is 11.3. The number of hydrogen-bond acceptors (Lipinski definition) is 4. The monoisotopic (exact) mass is 494 g/mol. The lowest BCUT2D eigenvalue weighted by Crippen LogP contribution is -2.38. The van der Waals surface area contributed by atoms with Gasteiger partial charge in [-0.05, 0) is 25.0 Å². The first-order valence-corrected chi connectivity index (χ1v) is 12.5. The van der Waals surface area contributed by atoms with Crippen LogP contribution in [-0.2, 0) is 36.0 Å². The van der Waals surface area contributed by atoms with Crippen molar-refractivity contribution in [3.8, 4) is 0 Å². The van der Waals surface area contributed by atoms with Crippen LogP contribution in [0.3, 0.4) is 0 Å². The van der Waals surface area contributed by atoms with E-state index < -0.39 is 0 Å². The van der Waals surface area contributed by atoms with Crippen LogP contribution in [0.25, 0.3) is 0 Å². The number of aryl methyl sites for hydroxylation is 4. The van der Waals surface area contributed by atoms with Gasteiger partial charge in [0.15, 0.2) is 37.9 Å². The first kappa shape index (κ1) is 25.8. The third-order valence-electron chi connectivity index (χ3n) is 5.92. The molecule has 0 aliphatic rings. The molecule has 188 valence electrons. The zero-order valence-electron chi connectivity index (χ0n) is 21.5. The van der Waals surface area contributed by atoms with E-state index in [1.54, 1.807) is 12.4 Å². The number of nitrogens with zero attached hydrogens (tertiary/aromatic N) is 4. The van der Waals surface area contributed by atoms with E-state index in [4.69, 9.17) is 9.68 Å². The molecule has 4 aromatic rings. The molecule has 2 aromatic carbocycles. The first-order chi connectivity index (χ1) is 18.1. The second-order valence-electron chi connectivity index (χ2n) is 9.08. The van der Waals surface area contributed by atoms with E-state index in [-0.39, 0.29) is 0 Å². The molecule has 0 saturated heterocycles.